The van der Waals surface area contributed by atoms with Gasteiger partial charge in [0.15, 0.2) is 0 Å². The lowest BCUT2D eigenvalue weighted by Crippen LogP contribution is -2.38. The van der Waals surface area contributed by atoms with E-state index in [-0.39, 0.29) is 0 Å². The third-order valence-corrected chi connectivity index (χ3v) is 4.80. The van der Waals surface area contributed by atoms with Crippen molar-refractivity contribution < 1.29 is 5.11 Å². The van der Waals surface area contributed by atoms with Gasteiger partial charge in [0.25, 0.3) is 0 Å². The average molecular weight is 246 g/mol. The smallest absolute Gasteiger partial charge is 0.100 e. The molecule has 1 fully saturated rings. The normalized spacial score (nSPS) is 31.8. The van der Waals surface area contributed by atoms with Gasteiger partial charge in [-0.25, -0.2) is 0 Å². The summed E-state index contributed by atoms with van der Waals surface area (Å²) in [5, 5.41) is 16.4. The fourth-order valence-corrected chi connectivity index (χ4v) is 3.63. The largest absolute Gasteiger partial charge is 0.384 e. The summed E-state index contributed by atoms with van der Waals surface area (Å²) >= 11 is 7.63. The van der Waals surface area contributed by atoms with Crippen LogP contribution < -0.4 is 5.32 Å². The number of aliphatic hydroxyl groups is 1. The molecule has 15 heavy (non-hydrogen) atoms. The third-order valence-electron chi connectivity index (χ3n) is 3.26. The van der Waals surface area contributed by atoms with Crippen molar-refractivity contribution in [3.05, 3.63) is 21.3 Å². The van der Waals surface area contributed by atoms with Crippen molar-refractivity contribution in [1.29, 1.82) is 0 Å². The first-order chi connectivity index (χ1) is 7.15. The minimum Gasteiger partial charge on any atom is -0.384 e. The Labute approximate surface area is 99.3 Å². The molecule has 0 aliphatic heterocycles. The van der Waals surface area contributed by atoms with Crippen LogP contribution in [0.4, 0.5) is 0 Å². The van der Waals surface area contributed by atoms with Gasteiger partial charge < -0.3 is 10.4 Å². The lowest BCUT2D eigenvalue weighted by atomic mass is 9.81. The van der Waals surface area contributed by atoms with Gasteiger partial charge in [-0.3, -0.25) is 0 Å². The van der Waals surface area contributed by atoms with E-state index in [2.05, 4.69) is 5.32 Å². The third kappa shape index (κ3) is 2.21. The van der Waals surface area contributed by atoms with Gasteiger partial charge in [-0.2, -0.15) is 0 Å². The number of halogens is 1. The van der Waals surface area contributed by atoms with Gasteiger partial charge in [0.1, 0.15) is 5.60 Å². The summed E-state index contributed by atoms with van der Waals surface area (Å²) in [6, 6.07) is 2.41. The average Bonchev–Trinajstić information content (AvgIpc) is 2.66. The lowest BCUT2D eigenvalue weighted by Gasteiger charge is -2.35. The highest BCUT2D eigenvalue weighted by Gasteiger charge is 2.36. The fraction of sp³-hybridized carbons (Fsp3) is 0.636. The maximum Gasteiger partial charge on any atom is 0.100 e. The molecular weight excluding hydrogens is 230 g/mol. The Kier molecular flexibility index (Phi) is 3.36. The molecule has 1 aromatic heterocycles. The van der Waals surface area contributed by atoms with E-state index in [1.807, 2.05) is 18.5 Å². The molecule has 2 N–H and O–H groups in total. The maximum absolute atomic E-state index is 10.5. The predicted molar refractivity (Wildman–Crippen MR) is 64.5 cm³/mol. The van der Waals surface area contributed by atoms with Crippen LogP contribution >= 0.6 is 22.9 Å². The lowest BCUT2D eigenvalue weighted by molar-refractivity contribution is -0.00420. The molecule has 0 amide bonds. The molecule has 1 heterocycles. The highest BCUT2D eigenvalue weighted by atomic mass is 35.5. The molecule has 1 aliphatic carbocycles. The van der Waals surface area contributed by atoms with Crippen LogP contribution in [0.25, 0.3) is 0 Å². The van der Waals surface area contributed by atoms with Gasteiger partial charge in [-0.15, -0.1) is 11.3 Å². The summed E-state index contributed by atoms with van der Waals surface area (Å²) in [6.45, 7) is 0. The molecule has 0 radical (unpaired) electrons. The van der Waals surface area contributed by atoms with Crippen molar-refractivity contribution in [2.75, 3.05) is 7.05 Å². The summed E-state index contributed by atoms with van der Waals surface area (Å²) < 4.78 is 0. The van der Waals surface area contributed by atoms with E-state index in [9.17, 15) is 5.11 Å². The Morgan fingerprint density at radius 2 is 2.20 bits per heavy atom. The molecule has 1 saturated carbocycles. The van der Waals surface area contributed by atoms with Gasteiger partial charge in [-0.05, 0) is 44.2 Å². The molecule has 0 unspecified atom stereocenters. The summed E-state index contributed by atoms with van der Waals surface area (Å²) in [6.07, 6.45) is 3.64. The van der Waals surface area contributed by atoms with Gasteiger partial charge in [0.2, 0.25) is 0 Å². The van der Waals surface area contributed by atoms with E-state index in [1.54, 1.807) is 11.3 Å². The Morgan fingerprint density at radius 3 is 2.67 bits per heavy atom. The minimum absolute atomic E-state index is 0.545. The fourth-order valence-electron chi connectivity index (χ4n) is 2.24. The summed E-state index contributed by atoms with van der Waals surface area (Å²) in [5.41, 5.74) is -0.682. The molecule has 4 heteroatoms. The predicted octanol–water partition coefficient (Wildman–Crippen LogP) is 2.75. The van der Waals surface area contributed by atoms with Crippen molar-refractivity contribution in [3.8, 4) is 0 Å². The van der Waals surface area contributed by atoms with Crippen molar-refractivity contribution in [3.63, 3.8) is 0 Å². The van der Waals surface area contributed by atoms with Crippen molar-refractivity contribution in [2.24, 2.45) is 0 Å². The number of nitrogens with one attached hydrogen (secondary N) is 1. The van der Waals surface area contributed by atoms with Crippen LogP contribution in [0.1, 0.15) is 30.6 Å². The van der Waals surface area contributed by atoms with Crippen LogP contribution in [-0.4, -0.2) is 18.2 Å². The zero-order valence-corrected chi connectivity index (χ0v) is 10.4. The van der Waals surface area contributed by atoms with Crippen molar-refractivity contribution in [1.82, 2.24) is 5.32 Å². The second-order valence-corrected chi connectivity index (χ2v) is 5.52. The van der Waals surface area contributed by atoms with Gasteiger partial charge in [0.05, 0.1) is 9.90 Å². The molecule has 0 atom stereocenters. The van der Waals surface area contributed by atoms with E-state index in [0.717, 1.165) is 30.6 Å². The van der Waals surface area contributed by atoms with E-state index in [0.29, 0.717) is 11.1 Å². The van der Waals surface area contributed by atoms with Crippen LogP contribution in [0.5, 0.6) is 0 Å². The molecule has 1 aromatic rings. The first kappa shape index (κ1) is 11.4. The number of hydrogen-bond donors (Lipinski definition) is 2. The van der Waals surface area contributed by atoms with E-state index in [4.69, 9.17) is 11.6 Å². The summed E-state index contributed by atoms with van der Waals surface area (Å²) in [4.78, 5) is 0.943. The number of hydrogen-bond acceptors (Lipinski definition) is 3. The molecule has 0 saturated heterocycles. The molecule has 0 spiro atoms. The minimum atomic E-state index is -0.682. The van der Waals surface area contributed by atoms with E-state index >= 15 is 0 Å². The van der Waals surface area contributed by atoms with Crippen LogP contribution in [-0.2, 0) is 5.60 Å². The zero-order valence-electron chi connectivity index (χ0n) is 8.79. The Hall–Kier alpha value is -0.0900. The van der Waals surface area contributed by atoms with Gasteiger partial charge >= 0.3 is 0 Å². The molecule has 2 rings (SSSR count). The topological polar surface area (TPSA) is 32.3 Å². The Balaban J connectivity index is 2.13. The standard InChI is InChI=1S/C11H16ClNOS/c1-13-8-2-5-11(14,6-3-8)10-9(12)4-7-15-10/h4,7-8,13-14H,2-3,5-6H2,1H3. The summed E-state index contributed by atoms with van der Waals surface area (Å²) in [5.74, 6) is 0. The summed E-state index contributed by atoms with van der Waals surface area (Å²) in [7, 11) is 1.98. The second kappa shape index (κ2) is 4.42. The number of thiophene rings is 1. The van der Waals surface area contributed by atoms with E-state index < -0.39 is 5.60 Å². The molecule has 84 valence electrons. The van der Waals surface area contributed by atoms with Gasteiger partial charge in [0, 0.05) is 6.04 Å². The van der Waals surface area contributed by atoms with Crippen LogP contribution in [0.2, 0.25) is 5.02 Å². The van der Waals surface area contributed by atoms with Crippen LogP contribution in [0, 0.1) is 0 Å². The molecule has 0 aromatic carbocycles. The zero-order chi connectivity index (χ0) is 10.9. The maximum atomic E-state index is 10.5. The van der Waals surface area contributed by atoms with Crippen molar-refractivity contribution >= 4 is 22.9 Å². The van der Waals surface area contributed by atoms with Gasteiger partial charge in [-0.1, -0.05) is 11.6 Å². The molecule has 1 aliphatic rings. The van der Waals surface area contributed by atoms with E-state index in [1.165, 1.54) is 0 Å². The highest BCUT2D eigenvalue weighted by Crippen LogP contribution is 2.42. The number of rotatable bonds is 2. The quantitative estimate of drug-likeness (QED) is 0.840. The van der Waals surface area contributed by atoms with Crippen molar-refractivity contribution in [2.45, 2.75) is 37.3 Å². The molecular formula is C11H16ClNOS. The monoisotopic (exact) mass is 245 g/mol. The Morgan fingerprint density at radius 1 is 1.53 bits per heavy atom. The first-order valence-corrected chi connectivity index (χ1v) is 6.54. The van der Waals surface area contributed by atoms with Crippen LogP contribution in [0.15, 0.2) is 11.4 Å². The molecule has 2 nitrogen and oxygen atoms in total. The Bertz CT molecular complexity index is 331. The second-order valence-electron chi connectivity index (χ2n) is 4.19. The first-order valence-electron chi connectivity index (χ1n) is 5.29. The highest BCUT2D eigenvalue weighted by molar-refractivity contribution is 7.10. The SMILES string of the molecule is CNC1CCC(O)(c2sccc2Cl)CC1. The molecule has 0 bridgehead atoms. The van der Waals surface area contributed by atoms with Crippen LogP contribution in [0.3, 0.4) is 0 Å².